The van der Waals surface area contributed by atoms with Gasteiger partial charge < -0.3 is 10.1 Å². The minimum Gasteiger partial charge on any atom is -0.497 e. The Morgan fingerprint density at radius 3 is 2.46 bits per heavy atom. The fourth-order valence-corrected chi connectivity index (χ4v) is 2.34. The zero-order valence-electron chi connectivity index (χ0n) is 14.0. The van der Waals surface area contributed by atoms with Crippen molar-refractivity contribution in [3.8, 4) is 11.4 Å². The number of rotatable bonds is 6. The van der Waals surface area contributed by atoms with Gasteiger partial charge in [-0.15, -0.1) is 0 Å². The van der Waals surface area contributed by atoms with E-state index in [0.717, 1.165) is 11.4 Å². The standard InChI is InChI=1S/C18H16N4O4/c1-26-17-8-6-15(7-9-17)21-11-10-14(20-21)12-19-18(23)13-2-4-16(5-3-13)22(24)25/h2-11H,12H2,1H3,(H,19,23). The van der Waals surface area contributed by atoms with Crippen LogP contribution in [0.4, 0.5) is 5.69 Å². The van der Waals surface area contributed by atoms with E-state index >= 15 is 0 Å². The molecule has 0 saturated heterocycles. The largest absolute Gasteiger partial charge is 0.497 e. The van der Waals surface area contributed by atoms with Crippen LogP contribution in [0.2, 0.25) is 0 Å². The third kappa shape index (κ3) is 3.86. The Bertz CT molecular complexity index is 917. The van der Waals surface area contributed by atoms with E-state index in [1.165, 1.54) is 24.3 Å². The highest BCUT2D eigenvalue weighted by molar-refractivity contribution is 5.94. The molecule has 26 heavy (non-hydrogen) atoms. The molecule has 2 aromatic carbocycles. The maximum Gasteiger partial charge on any atom is 0.269 e. The Morgan fingerprint density at radius 1 is 1.15 bits per heavy atom. The summed E-state index contributed by atoms with van der Waals surface area (Å²) < 4.78 is 6.82. The zero-order valence-corrected chi connectivity index (χ0v) is 14.0. The van der Waals surface area contributed by atoms with Gasteiger partial charge in [0.15, 0.2) is 0 Å². The van der Waals surface area contributed by atoms with Crippen molar-refractivity contribution in [1.29, 1.82) is 0 Å². The van der Waals surface area contributed by atoms with E-state index in [1.807, 2.05) is 24.3 Å². The SMILES string of the molecule is COc1ccc(-n2ccc(CNC(=O)c3ccc([N+](=O)[O-])cc3)n2)cc1. The number of nitro groups is 1. The number of methoxy groups -OCH3 is 1. The molecule has 0 aliphatic rings. The van der Waals surface area contributed by atoms with Gasteiger partial charge in [0, 0.05) is 23.9 Å². The molecular formula is C18H16N4O4. The van der Waals surface area contributed by atoms with Crippen LogP contribution in [-0.2, 0) is 6.54 Å². The topological polar surface area (TPSA) is 99.3 Å². The summed E-state index contributed by atoms with van der Waals surface area (Å²) in [5.74, 6) is 0.440. The van der Waals surface area contributed by atoms with Gasteiger partial charge in [-0.05, 0) is 42.5 Å². The average molecular weight is 352 g/mol. The molecule has 0 saturated carbocycles. The number of benzene rings is 2. The number of non-ortho nitro benzene ring substituents is 1. The number of aromatic nitrogens is 2. The number of nitrogens with zero attached hydrogens (tertiary/aromatic N) is 3. The summed E-state index contributed by atoms with van der Waals surface area (Å²) in [5, 5.41) is 17.8. The van der Waals surface area contributed by atoms with Crippen LogP contribution in [-0.4, -0.2) is 27.7 Å². The Hall–Kier alpha value is -3.68. The number of carbonyl (C=O) groups is 1. The van der Waals surface area contributed by atoms with Gasteiger partial charge in [0.1, 0.15) is 5.75 Å². The van der Waals surface area contributed by atoms with Gasteiger partial charge in [0.2, 0.25) is 0 Å². The smallest absolute Gasteiger partial charge is 0.269 e. The first-order valence-electron chi connectivity index (χ1n) is 7.78. The lowest BCUT2D eigenvalue weighted by Gasteiger charge is -2.04. The van der Waals surface area contributed by atoms with Crippen LogP contribution in [0.25, 0.3) is 5.69 Å². The molecule has 1 amide bonds. The van der Waals surface area contributed by atoms with Crippen LogP contribution >= 0.6 is 0 Å². The van der Waals surface area contributed by atoms with Crippen LogP contribution in [0.15, 0.2) is 60.8 Å². The number of nitrogens with one attached hydrogen (secondary N) is 1. The minimum absolute atomic E-state index is 0.0558. The third-order valence-corrected chi connectivity index (χ3v) is 3.75. The summed E-state index contributed by atoms with van der Waals surface area (Å²) in [7, 11) is 1.61. The summed E-state index contributed by atoms with van der Waals surface area (Å²) in [6.07, 6.45) is 1.80. The summed E-state index contributed by atoms with van der Waals surface area (Å²) in [6, 6.07) is 14.7. The molecule has 8 nitrogen and oxygen atoms in total. The van der Waals surface area contributed by atoms with Crippen molar-refractivity contribution in [3.05, 3.63) is 82.2 Å². The van der Waals surface area contributed by atoms with Crippen molar-refractivity contribution < 1.29 is 14.5 Å². The number of carbonyl (C=O) groups excluding carboxylic acids is 1. The Labute approximate surface area is 149 Å². The highest BCUT2D eigenvalue weighted by Crippen LogP contribution is 2.15. The molecule has 0 aliphatic carbocycles. The van der Waals surface area contributed by atoms with E-state index in [0.29, 0.717) is 11.3 Å². The lowest BCUT2D eigenvalue weighted by molar-refractivity contribution is -0.384. The summed E-state index contributed by atoms with van der Waals surface area (Å²) in [6.45, 7) is 0.249. The van der Waals surface area contributed by atoms with E-state index in [4.69, 9.17) is 4.74 Å². The van der Waals surface area contributed by atoms with E-state index in [-0.39, 0.29) is 18.1 Å². The van der Waals surface area contributed by atoms with Gasteiger partial charge >= 0.3 is 0 Å². The summed E-state index contributed by atoms with van der Waals surface area (Å²) >= 11 is 0. The van der Waals surface area contributed by atoms with Crippen molar-refractivity contribution in [2.45, 2.75) is 6.54 Å². The number of amides is 1. The predicted octanol–water partition coefficient (Wildman–Crippen LogP) is 2.72. The molecule has 132 valence electrons. The molecule has 0 unspecified atom stereocenters. The molecule has 0 fully saturated rings. The van der Waals surface area contributed by atoms with Crippen LogP contribution in [0, 0.1) is 10.1 Å². The van der Waals surface area contributed by atoms with Crippen LogP contribution in [0.3, 0.4) is 0 Å². The second kappa shape index (κ2) is 7.47. The first kappa shape index (κ1) is 17.2. The third-order valence-electron chi connectivity index (χ3n) is 3.75. The second-order valence-electron chi connectivity index (χ2n) is 5.44. The quantitative estimate of drug-likeness (QED) is 0.543. The van der Waals surface area contributed by atoms with Crippen molar-refractivity contribution in [2.75, 3.05) is 7.11 Å². The highest BCUT2D eigenvalue weighted by atomic mass is 16.6. The van der Waals surface area contributed by atoms with E-state index in [9.17, 15) is 14.9 Å². The Balaban J connectivity index is 1.62. The molecule has 1 aromatic heterocycles. The van der Waals surface area contributed by atoms with E-state index in [2.05, 4.69) is 10.4 Å². The van der Waals surface area contributed by atoms with Crippen molar-refractivity contribution >= 4 is 11.6 Å². The lowest BCUT2D eigenvalue weighted by Crippen LogP contribution is -2.23. The molecule has 3 aromatic rings. The number of hydrogen-bond donors (Lipinski definition) is 1. The fraction of sp³-hybridized carbons (Fsp3) is 0.111. The number of ether oxygens (including phenoxy) is 1. The molecule has 3 rings (SSSR count). The molecule has 0 aliphatic heterocycles. The van der Waals surface area contributed by atoms with Gasteiger partial charge in [-0.3, -0.25) is 14.9 Å². The average Bonchev–Trinajstić information content (AvgIpc) is 3.15. The first-order valence-corrected chi connectivity index (χ1v) is 7.78. The molecule has 0 bridgehead atoms. The molecular weight excluding hydrogens is 336 g/mol. The van der Waals surface area contributed by atoms with Gasteiger partial charge in [0.25, 0.3) is 11.6 Å². The van der Waals surface area contributed by atoms with Crippen molar-refractivity contribution in [3.63, 3.8) is 0 Å². The molecule has 0 atom stereocenters. The van der Waals surface area contributed by atoms with Crippen molar-refractivity contribution in [2.24, 2.45) is 0 Å². The monoisotopic (exact) mass is 352 g/mol. The Kier molecular flexibility index (Phi) is 4.93. The van der Waals surface area contributed by atoms with E-state index < -0.39 is 4.92 Å². The lowest BCUT2D eigenvalue weighted by atomic mass is 10.2. The Morgan fingerprint density at radius 2 is 1.85 bits per heavy atom. The molecule has 1 N–H and O–H groups in total. The zero-order chi connectivity index (χ0) is 18.5. The van der Waals surface area contributed by atoms with Crippen molar-refractivity contribution in [1.82, 2.24) is 15.1 Å². The molecule has 0 spiro atoms. The first-order chi connectivity index (χ1) is 12.6. The number of nitro benzene ring substituents is 1. The van der Waals surface area contributed by atoms with Crippen LogP contribution < -0.4 is 10.1 Å². The van der Waals surface area contributed by atoms with Gasteiger partial charge in [-0.2, -0.15) is 5.10 Å². The molecule has 1 heterocycles. The van der Waals surface area contributed by atoms with Gasteiger partial charge in [0.05, 0.1) is 30.0 Å². The molecule has 8 heteroatoms. The minimum atomic E-state index is -0.506. The van der Waals surface area contributed by atoms with Gasteiger partial charge in [-0.25, -0.2) is 4.68 Å². The fourth-order valence-electron chi connectivity index (χ4n) is 2.34. The summed E-state index contributed by atoms with van der Waals surface area (Å²) in [4.78, 5) is 22.2. The maximum atomic E-state index is 12.1. The van der Waals surface area contributed by atoms with Gasteiger partial charge in [-0.1, -0.05) is 0 Å². The van der Waals surface area contributed by atoms with Crippen LogP contribution in [0.1, 0.15) is 16.1 Å². The highest BCUT2D eigenvalue weighted by Gasteiger charge is 2.10. The second-order valence-corrected chi connectivity index (χ2v) is 5.44. The normalized spacial score (nSPS) is 10.3. The number of hydrogen-bond acceptors (Lipinski definition) is 5. The predicted molar refractivity (Wildman–Crippen MR) is 94.4 cm³/mol. The van der Waals surface area contributed by atoms with Crippen LogP contribution in [0.5, 0.6) is 5.75 Å². The van der Waals surface area contributed by atoms with E-state index in [1.54, 1.807) is 24.1 Å². The maximum absolute atomic E-state index is 12.1. The summed E-state index contributed by atoms with van der Waals surface area (Å²) in [5.41, 5.74) is 1.86. The molecule has 0 radical (unpaired) electrons.